The number of fused-ring (bicyclic) bond motifs is 3. The van der Waals surface area contributed by atoms with Gasteiger partial charge in [-0.25, -0.2) is 0 Å². The van der Waals surface area contributed by atoms with Crippen LogP contribution in [-0.2, 0) is 22.4 Å². The van der Waals surface area contributed by atoms with Crippen LogP contribution < -0.4 is 0 Å². The summed E-state index contributed by atoms with van der Waals surface area (Å²) in [7, 11) is 0. The summed E-state index contributed by atoms with van der Waals surface area (Å²) in [6.07, 6.45) is 2.51. The van der Waals surface area contributed by atoms with Gasteiger partial charge in [0.15, 0.2) is 0 Å². The smallest absolute Gasteiger partial charge is 0.309 e. The molecule has 24 heavy (non-hydrogen) atoms. The number of esters is 1. The maximum atomic E-state index is 12.5. The van der Waals surface area contributed by atoms with Gasteiger partial charge in [-0.3, -0.25) is 4.79 Å². The van der Waals surface area contributed by atoms with Crippen molar-refractivity contribution >= 4 is 5.97 Å². The minimum absolute atomic E-state index is 0.0839. The maximum Gasteiger partial charge on any atom is 0.309 e. The number of hydrogen-bond acceptors (Lipinski definition) is 2. The summed E-state index contributed by atoms with van der Waals surface area (Å²) in [5.41, 5.74) is 6.26. The molecule has 1 atom stereocenters. The summed E-state index contributed by atoms with van der Waals surface area (Å²) in [5, 5.41) is 0. The normalized spacial score (nSPS) is 14.0. The Morgan fingerprint density at radius 1 is 1.08 bits per heavy atom. The van der Waals surface area contributed by atoms with Crippen molar-refractivity contribution in [3.8, 4) is 11.1 Å². The van der Waals surface area contributed by atoms with Crippen LogP contribution in [0.1, 0.15) is 50.8 Å². The Kier molecular flexibility index (Phi) is 4.49. The molecule has 2 nitrogen and oxygen atoms in total. The summed E-state index contributed by atoms with van der Waals surface area (Å²) in [6, 6.07) is 15.0. The Morgan fingerprint density at radius 2 is 1.79 bits per heavy atom. The highest BCUT2D eigenvalue weighted by Crippen LogP contribution is 2.38. The molecule has 126 valence electrons. The van der Waals surface area contributed by atoms with E-state index in [9.17, 15) is 4.79 Å². The van der Waals surface area contributed by atoms with E-state index in [2.05, 4.69) is 49.4 Å². The molecule has 0 spiro atoms. The van der Waals surface area contributed by atoms with Crippen LogP contribution in [0.25, 0.3) is 11.1 Å². The number of ether oxygens (including phenoxy) is 1. The molecule has 0 aromatic heterocycles. The molecule has 0 amide bonds. The summed E-state index contributed by atoms with van der Waals surface area (Å²) >= 11 is 0. The van der Waals surface area contributed by atoms with Crippen LogP contribution in [0.15, 0.2) is 42.5 Å². The topological polar surface area (TPSA) is 26.3 Å². The zero-order valence-corrected chi connectivity index (χ0v) is 15.1. The molecule has 2 aromatic carbocycles. The molecule has 0 saturated heterocycles. The molecule has 1 aliphatic rings. The van der Waals surface area contributed by atoms with Crippen LogP contribution in [-0.4, -0.2) is 11.6 Å². The molecule has 2 aromatic rings. The summed E-state index contributed by atoms with van der Waals surface area (Å²) in [6.45, 7) is 7.84. The fourth-order valence-electron chi connectivity index (χ4n) is 3.46. The van der Waals surface area contributed by atoms with E-state index in [0.29, 0.717) is 0 Å². The Bertz CT molecular complexity index is 753. The lowest BCUT2D eigenvalue weighted by atomic mass is 9.91. The summed E-state index contributed by atoms with van der Waals surface area (Å²) in [5.74, 6) is -0.169. The van der Waals surface area contributed by atoms with E-state index in [1.54, 1.807) is 0 Å². The molecule has 1 aliphatic carbocycles. The molecule has 0 radical (unpaired) electrons. The second kappa shape index (κ2) is 6.43. The third-order valence-electron chi connectivity index (χ3n) is 4.65. The quantitative estimate of drug-likeness (QED) is 0.620. The van der Waals surface area contributed by atoms with Crippen LogP contribution in [0.2, 0.25) is 0 Å². The van der Waals surface area contributed by atoms with Gasteiger partial charge in [0.25, 0.3) is 0 Å². The van der Waals surface area contributed by atoms with Crippen molar-refractivity contribution in [1.29, 1.82) is 0 Å². The van der Waals surface area contributed by atoms with E-state index >= 15 is 0 Å². The molecule has 2 heteroatoms. The number of carbonyl (C=O) groups is 1. The molecular weight excluding hydrogens is 296 g/mol. The Hall–Kier alpha value is -2.09. The monoisotopic (exact) mass is 322 g/mol. The maximum absolute atomic E-state index is 12.5. The van der Waals surface area contributed by atoms with Crippen molar-refractivity contribution in [2.45, 2.75) is 52.6 Å². The van der Waals surface area contributed by atoms with Crippen LogP contribution in [0.5, 0.6) is 0 Å². The molecule has 0 heterocycles. The Morgan fingerprint density at radius 3 is 2.50 bits per heavy atom. The van der Waals surface area contributed by atoms with Crippen LogP contribution in [0.3, 0.4) is 0 Å². The lowest BCUT2D eigenvalue weighted by Crippen LogP contribution is -2.29. The second-order valence-corrected chi connectivity index (χ2v) is 7.62. The molecule has 0 bridgehead atoms. The molecular formula is C22H26O2. The molecule has 0 saturated carbocycles. The van der Waals surface area contributed by atoms with E-state index in [0.717, 1.165) is 19.3 Å². The minimum atomic E-state index is -0.431. The molecule has 1 unspecified atom stereocenters. The summed E-state index contributed by atoms with van der Waals surface area (Å²) in [4.78, 5) is 12.5. The first-order chi connectivity index (χ1) is 11.4. The number of hydrogen-bond donors (Lipinski definition) is 0. The van der Waals surface area contributed by atoms with Gasteiger partial charge in [-0.1, -0.05) is 49.4 Å². The Labute approximate surface area is 144 Å². The van der Waals surface area contributed by atoms with Crippen LogP contribution >= 0.6 is 0 Å². The predicted octanol–water partition coefficient (Wildman–Crippen LogP) is 5.17. The van der Waals surface area contributed by atoms with E-state index < -0.39 is 5.60 Å². The van der Waals surface area contributed by atoms with Crippen molar-refractivity contribution < 1.29 is 9.53 Å². The van der Waals surface area contributed by atoms with Gasteiger partial charge in [-0.2, -0.15) is 0 Å². The predicted molar refractivity (Wildman–Crippen MR) is 98.0 cm³/mol. The van der Waals surface area contributed by atoms with Gasteiger partial charge < -0.3 is 4.74 Å². The molecule has 3 rings (SSSR count). The van der Waals surface area contributed by atoms with Crippen molar-refractivity contribution in [3.05, 3.63) is 59.2 Å². The van der Waals surface area contributed by atoms with Crippen molar-refractivity contribution in [2.24, 2.45) is 5.92 Å². The first-order valence-electron chi connectivity index (χ1n) is 8.81. The van der Waals surface area contributed by atoms with E-state index in [1.165, 1.54) is 27.8 Å². The largest absolute Gasteiger partial charge is 0.460 e. The molecule has 0 N–H and O–H groups in total. The summed E-state index contributed by atoms with van der Waals surface area (Å²) < 4.78 is 5.61. The third kappa shape index (κ3) is 3.38. The van der Waals surface area contributed by atoms with Gasteiger partial charge in [0.2, 0.25) is 0 Å². The van der Waals surface area contributed by atoms with Crippen LogP contribution in [0.4, 0.5) is 0 Å². The minimum Gasteiger partial charge on any atom is -0.460 e. The van der Waals surface area contributed by atoms with Gasteiger partial charge in [0.1, 0.15) is 5.60 Å². The number of carbonyl (C=O) groups excluding carboxylic acids is 1. The van der Waals surface area contributed by atoms with E-state index in [-0.39, 0.29) is 11.9 Å². The second-order valence-electron chi connectivity index (χ2n) is 7.62. The number of benzene rings is 2. The Balaban J connectivity index is 1.85. The molecule has 0 fully saturated rings. The van der Waals surface area contributed by atoms with E-state index in [1.807, 2.05) is 20.8 Å². The fraction of sp³-hybridized carbons (Fsp3) is 0.409. The lowest BCUT2D eigenvalue weighted by molar-refractivity contribution is -0.160. The zero-order chi connectivity index (χ0) is 17.3. The zero-order valence-electron chi connectivity index (χ0n) is 15.1. The first kappa shape index (κ1) is 16.8. The average Bonchev–Trinajstić information content (AvgIpc) is 2.90. The third-order valence-corrected chi connectivity index (χ3v) is 4.65. The van der Waals surface area contributed by atoms with Gasteiger partial charge >= 0.3 is 5.97 Å². The van der Waals surface area contributed by atoms with Gasteiger partial charge in [-0.05, 0) is 67.9 Å². The fourth-order valence-corrected chi connectivity index (χ4v) is 3.46. The van der Waals surface area contributed by atoms with Crippen molar-refractivity contribution in [1.82, 2.24) is 0 Å². The highest BCUT2D eigenvalue weighted by atomic mass is 16.6. The highest BCUT2D eigenvalue weighted by Gasteiger charge is 2.27. The molecule has 0 aliphatic heterocycles. The lowest BCUT2D eigenvalue weighted by Gasteiger charge is -2.24. The first-order valence-corrected chi connectivity index (χ1v) is 8.81. The van der Waals surface area contributed by atoms with Gasteiger partial charge in [0, 0.05) is 0 Å². The average molecular weight is 322 g/mol. The van der Waals surface area contributed by atoms with Crippen molar-refractivity contribution in [3.63, 3.8) is 0 Å². The van der Waals surface area contributed by atoms with Crippen molar-refractivity contribution in [2.75, 3.05) is 0 Å². The van der Waals surface area contributed by atoms with Gasteiger partial charge in [0.05, 0.1) is 5.92 Å². The van der Waals surface area contributed by atoms with Gasteiger partial charge in [-0.15, -0.1) is 0 Å². The number of rotatable bonds is 4. The van der Waals surface area contributed by atoms with E-state index in [4.69, 9.17) is 4.74 Å². The highest BCUT2D eigenvalue weighted by molar-refractivity contribution is 5.78. The standard InChI is InChI=1S/C22H26O2/c1-5-15(21(23)24-22(2,3)4)13-16-10-8-12-19-18-11-7-6-9-17(18)14-20(16)19/h6-12,15H,5,13-14H2,1-4H3. The SMILES string of the molecule is CCC(Cc1cccc2c1Cc1ccccc1-2)C(=O)OC(C)(C)C. The van der Waals surface area contributed by atoms with Crippen LogP contribution in [0, 0.1) is 5.92 Å².